The molecule has 4 nitrogen and oxygen atoms in total. The average Bonchev–Trinajstić information content (AvgIpc) is 2.61. The normalized spacial score (nSPS) is 10.8. The fourth-order valence-corrected chi connectivity index (χ4v) is 2.07. The Hall–Kier alpha value is -1.49. The summed E-state index contributed by atoms with van der Waals surface area (Å²) in [6, 6.07) is 2.02. The third kappa shape index (κ3) is 2.15. The van der Waals surface area contributed by atoms with Crippen LogP contribution in [0.3, 0.4) is 0 Å². The van der Waals surface area contributed by atoms with Gasteiger partial charge in [0, 0.05) is 17.0 Å². The topological polar surface area (TPSA) is 46.5 Å². The molecule has 0 atom stereocenters. The maximum atomic E-state index is 5.27. The summed E-state index contributed by atoms with van der Waals surface area (Å²) in [5.41, 5.74) is 4.19. The molecule has 0 bridgehead atoms. The van der Waals surface area contributed by atoms with Crippen molar-refractivity contribution in [2.45, 2.75) is 34.1 Å². The Morgan fingerprint density at radius 1 is 1.35 bits per heavy atom. The van der Waals surface area contributed by atoms with Gasteiger partial charge in [0.05, 0.1) is 5.69 Å². The van der Waals surface area contributed by atoms with Gasteiger partial charge in [0.25, 0.3) is 0 Å². The molecule has 0 amide bonds. The van der Waals surface area contributed by atoms with E-state index in [0.717, 1.165) is 29.1 Å². The zero-order valence-electron chi connectivity index (χ0n) is 10.5. The highest BCUT2D eigenvalue weighted by Gasteiger charge is 2.08. The van der Waals surface area contributed by atoms with Crippen molar-refractivity contribution in [3.8, 4) is 5.95 Å². The molecule has 2 aromatic rings. The maximum Gasteiger partial charge on any atom is 0.229 e. The van der Waals surface area contributed by atoms with Crippen LogP contribution >= 0.6 is 12.2 Å². The maximum absolute atomic E-state index is 5.27. The quantitative estimate of drug-likeness (QED) is 0.831. The lowest BCUT2D eigenvalue weighted by Gasteiger charge is -2.08. The van der Waals surface area contributed by atoms with Crippen LogP contribution in [0.2, 0.25) is 0 Å². The summed E-state index contributed by atoms with van der Waals surface area (Å²) >= 11 is 5.27. The number of H-pyrrole nitrogens is 1. The lowest BCUT2D eigenvalue weighted by atomic mass is 10.2. The van der Waals surface area contributed by atoms with Crippen LogP contribution in [0, 0.1) is 25.4 Å². The summed E-state index contributed by atoms with van der Waals surface area (Å²) < 4.78 is 2.44. The zero-order chi connectivity index (χ0) is 12.6. The highest BCUT2D eigenvalue weighted by atomic mass is 32.1. The monoisotopic (exact) mass is 248 g/mol. The third-order valence-corrected chi connectivity index (χ3v) is 3.20. The molecule has 0 spiro atoms. The first kappa shape index (κ1) is 12.0. The second-order valence-corrected chi connectivity index (χ2v) is 4.55. The molecule has 90 valence electrons. The molecule has 2 aromatic heterocycles. The molecule has 0 aliphatic rings. The minimum absolute atomic E-state index is 0.642. The molecule has 0 fully saturated rings. The van der Waals surface area contributed by atoms with Crippen molar-refractivity contribution in [2.24, 2.45) is 0 Å². The van der Waals surface area contributed by atoms with Crippen LogP contribution < -0.4 is 0 Å². The number of aryl methyl sites for hydroxylation is 3. The first-order valence-electron chi connectivity index (χ1n) is 5.66. The van der Waals surface area contributed by atoms with Crippen molar-refractivity contribution in [1.82, 2.24) is 19.7 Å². The van der Waals surface area contributed by atoms with Crippen LogP contribution in [0.15, 0.2) is 6.07 Å². The fourth-order valence-electron chi connectivity index (χ4n) is 1.86. The number of hydrogen-bond donors (Lipinski definition) is 1. The second kappa shape index (κ2) is 4.41. The van der Waals surface area contributed by atoms with Gasteiger partial charge in [-0.1, -0.05) is 19.1 Å². The van der Waals surface area contributed by atoms with Gasteiger partial charge < -0.3 is 4.98 Å². The number of aromatic amines is 1. The van der Waals surface area contributed by atoms with Gasteiger partial charge in [0.15, 0.2) is 0 Å². The molecular formula is C12H16N4S. The molecular weight excluding hydrogens is 232 g/mol. The minimum Gasteiger partial charge on any atom is -0.327 e. The van der Waals surface area contributed by atoms with E-state index in [4.69, 9.17) is 12.2 Å². The highest BCUT2D eigenvalue weighted by molar-refractivity contribution is 7.71. The number of hydrogen-bond acceptors (Lipinski definition) is 3. The Balaban J connectivity index is 2.65. The van der Waals surface area contributed by atoms with Crippen molar-refractivity contribution in [1.29, 1.82) is 0 Å². The Morgan fingerprint density at radius 2 is 2.06 bits per heavy atom. The van der Waals surface area contributed by atoms with Gasteiger partial charge in [-0.05, 0) is 33.3 Å². The number of rotatable bonds is 2. The molecule has 0 aliphatic carbocycles. The molecule has 2 heterocycles. The summed E-state index contributed by atoms with van der Waals surface area (Å²) in [6.07, 6.45) is 0.907. The summed E-state index contributed by atoms with van der Waals surface area (Å²) in [5, 5.41) is 4.40. The molecule has 0 radical (unpaired) electrons. The van der Waals surface area contributed by atoms with E-state index in [0.29, 0.717) is 10.6 Å². The van der Waals surface area contributed by atoms with E-state index >= 15 is 0 Å². The summed E-state index contributed by atoms with van der Waals surface area (Å²) in [7, 11) is 0. The van der Waals surface area contributed by atoms with Gasteiger partial charge in [-0.15, -0.1) is 0 Å². The molecule has 0 aliphatic heterocycles. The third-order valence-electron chi connectivity index (χ3n) is 2.81. The zero-order valence-corrected chi connectivity index (χ0v) is 11.4. The SMILES string of the molecule is CCc1[nH]c(-n2nc(C)cc2C)nc(=S)c1C. The Bertz CT molecular complexity index is 609. The summed E-state index contributed by atoms with van der Waals surface area (Å²) in [4.78, 5) is 7.68. The number of aromatic nitrogens is 4. The predicted octanol–water partition coefficient (Wildman–Crippen LogP) is 2.81. The van der Waals surface area contributed by atoms with Gasteiger partial charge in [-0.2, -0.15) is 5.10 Å². The van der Waals surface area contributed by atoms with E-state index < -0.39 is 0 Å². The first-order chi connectivity index (χ1) is 8.02. The van der Waals surface area contributed by atoms with E-state index in [9.17, 15) is 0 Å². The van der Waals surface area contributed by atoms with Gasteiger partial charge >= 0.3 is 0 Å². The van der Waals surface area contributed by atoms with Gasteiger partial charge in [0.1, 0.15) is 4.64 Å². The molecule has 0 saturated carbocycles. The molecule has 5 heteroatoms. The Labute approximate surface area is 106 Å². The Kier molecular flexibility index (Phi) is 3.11. The smallest absolute Gasteiger partial charge is 0.229 e. The lowest BCUT2D eigenvalue weighted by molar-refractivity contribution is 0.756. The van der Waals surface area contributed by atoms with Crippen LogP contribution in [-0.4, -0.2) is 19.7 Å². The van der Waals surface area contributed by atoms with E-state index in [1.807, 2.05) is 26.8 Å². The van der Waals surface area contributed by atoms with Crippen molar-refractivity contribution >= 4 is 12.2 Å². The molecule has 0 saturated heterocycles. The fraction of sp³-hybridized carbons (Fsp3) is 0.417. The van der Waals surface area contributed by atoms with Crippen LogP contribution in [-0.2, 0) is 6.42 Å². The largest absolute Gasteiger partial charge is 0.327 e. The van der Waals surface area contributed by atoms with Crippen molar-refractivity contribution in [3.63, 3.8) is 0 Å². The molecule has 0 aromatic carbocycles. The van der Waals surface area contributed by atoms with Crippen molar-refractivity contribution in [2.75, 3.05) is 0 Å². The molecule has 2 rings (SSSR count). The molecule has 1 N–H and O–H groups in total. The predicted molar refractivity (Wildman–Crippen MR) is 70.1 cm³/mol. The van der Waals surface area contributed by atoms with Crippen molar-refractivity contribution in [3.05, 3.63) is 33.4 Å². The lowest BCUT2D eigenvalue weighted by Crippen LogP contribution is -2.08. The standard InChI is InChI=1S/C12H16N4S/c1-5-10-9(4)11(17)14-12(13-10)16-8(3)6-7(2)15-16/h6H,5H2,1-4H3,(H,13,14,17). The van der Waals surface area contributed by atoms with Crippen LogP contribution in [0.1, 0.15) is 29.6 Å². The van der Waals surface area contributed by atoms with Crippen LogP contribution in [0.5, 0.6) is 0 Å². The van der Waals surface area contributed by atoms with E-state index in [2.05, 4.69) is 22.0 Å². The average molecular weight is 248 g/mol. The first-order valence-corrected chi connectivity index (χ1v) is 6.07. The van der Waals surface area contributed by atoms with Gasteiger partial charge in [-0.25, -0.2) is 9.67 Å². The minimum atomic E-state index is 0.642. The van der Waals surface area contributed by atoms with Crippen LogP contribution in [0.25, 0.3) is 5.95 Å². The highest BCUT2D eigenvalue weighted by Crippen LogP contribution is 2.12. The van der Waals surface area contributed by atoms with Crippen LogP contribution in [0.4, 0.5) is 0 Å². The van der Waals surface area contributed by atoms with E-state index in [1.54, 1.807) is 4.68 Å². The second-order valence-electron chi connectivity index (χ2n) is 4.16. The molecule has 0 unspecified atom stereocenters. The van der Waals surface area contributed by atoms with Gasteiger partial charge in [0.2, 0.25) is 5.95 Å². The Morgan fingerprint density at radius 3 is 2.59 bits per heavy atom. The number of nitrogens with zero attached hydrogens (tertiary/aromatic N) is 3. The van der Waals surface area contributed by atoms with Gasteiger partial charge in [-0.3, -0.25) is 0 Å². The van der Waals surface area contributed by atoms with Crippen molar-refractivity contribution < 1.29 is 0 Å². The van der Waals surface area contributed by atoms with E-state index in [-0.39, 0.29) is 0 Å². The summed E-state index contributed by atoms with van der Waals surface area (Å²) in [6.45, 7) is 8.06. The summed E-state index contributed by atoms with van der Waals surface area (Å²) in [5.74, 6) is 0.697. The number of nitrogens with one attached hydrogen (secondary N) is 1. The molecule has 17 heavy (non-hydrogen) atoms. The van der Waals surface area contributed by atoms with E-state index in [1.165, 1.54) is 0 Å².